The van der Waals surface area contributed by atoms with E-state index in [1.165, 1.54) is 23.5 Å². The van der Waals surface area contributed by atoms with Gasteiger partial charge in [-0.2, -0.15) is 0 Å². The van der Waals surface area contributed by atoms with Gasteiger partial charge in [-0.25, -0.2) is 12.8 Å². The molecule has 0 saturated heterocycles. The summed E-state index contributed by atoms with van der Waals surface area (Å²) in [6.07, 6.45) is 1.56. The minimum atomic E-state index is -3.93. The molecule has 0 aliphatic rings. The van der Waals surface area contributed by atoms with Gasteiger partial charge in [0.1, 0.15) is 11.1 Å². The largest absolute Gasteiger partial charge is 0.346 e. The summed E-state index contributed by atoms with van der Waals surface area (Å²) in [4.78, 5) is 28.7. The van der Waals surface area contributed by atoms with Gasteiger partial charge in [0, 0.05) is 17.6 Å². The summed E-state index contributed by atoms with van der Waals surface area (Å²) in [5.74, 6) is -2.41. The highest BCUT2D eigenvalue weighted by Gasteiger charge is 2.31. The van der Waals surface area contributed by atoms with E-state index in [9.17, 15) is 22.4 Å². The highest BCUT2D eigenvalue weighted by Crippen LogP contribution is 2.31. The Morgan fingerprint density at radius 2 is 1.73 bits per heavy atom. The lowest BCUT2D eigenvalue weighted by Gasteiger charge is -2.17. The summed E-state index contributed by atoms with van der Waals surface area (Å²) >= 11 is 1.21. The van der Waals surface area contributed by atoms with E-state index in [4.69, 9.17) is 0 Å². The third kappa shape index (κ3) is 5.28. The van der Waals surface area contributed by atoms with E-state index in [0.29, 0.717) is 10.6 Å². The Kier molecular flexibility index (Phi) is 6.91. The van der Waals surface area contributed by atoms with Crippen LogP contribution >= 0.6 is 11.3 Å². The van der Waals surface area contributed by atoms with Gasteiger partial charge in [-0.15, -0.1) is 11.3 Å². The number of carbonyl (C=O) groups excluding carboxylic acids is 2. The number of thiophene rings is 1. The first-order chi connectivity index (χ1) is 14.4. The third-order valence-electron chi connectivity index (χ3n) is 4.19. The van der Waals surface area contributed by atoms with Crippen LogP contribution in [0.2, 0.25) is 0 Å². The number of halogens is 1. The van der Waals surface area contributed by atoms with E-state index >= 15 is 0 Å². The zero-order chi connectivity index (χ0) is 21.6. The average molecular weight is 448 g/mol. The second-order valence-electron chi connectivity index (χ2n) is 6.22. The Bertz CT molecular complexity index is 1100. The van der Waals surface area contributed by atoms with Crippen LogP contribution in [0.4, 0.5) is 4.39 Å². The fraction of sp³-hybridized carbons (Fsp3) is 0.150. The lowest BCUT2D eigenvalue weighted by Crippen LogP contribution is -2.42. The molecule has 3 rings (SSSR count). The SMILES string of the molecule is O=C(NCc1ccccn1)C(=O)NCC(c1cccs1)S(=O)(=O)c1ccc(F)cc1. The summed E-state index contributed by atoms with van der Waals surface area (Å²) in [6.45, 7) is -0.245. The topological polar surface area (TPSA) is 105 Å². The van der Waals surface area contributed by atoms with Crippen molar-refractivity contribution in [3.05, 3.63) is 82.6 Å². The van der Waals surface area contributed by atoms with Crippen LogP contribution in [0.25, 0.3) is 0 Å². The van der Waals surface area contributed by atoms with Crippen LogP contribution in [0.15, 0.2) is 71.1 Å². The lowest BCUT2D eigenvalue weighted by molar-refractivity contribution is -0.139. The number of carbonyl (C=O) groups is 2. The summed E-state index contributed by atoms with van der Waals surface area (Å²) in [7, 11) is -3.93. The Hall–Kier alpha value is -3.11. The van der Waals surface area contributed by atoms with Crippen LogP contribution in [0.3, 0.4) is 0 Å². The number of amides is 2. The van der Waals surface area contributed by atoms with Gasteiger partial charge in [-0.1, -0.05) is 12.1 Å². The summed E-state index contributed by atoms with van der Waals surface area (Å²) in [5, 5.41) is 5.41. The van der Waals surface area contributed by atoms with Crippen LogP contribution < -0.4 is 10.6 Å². The van der Waals surface area contributed by atoms with E-state index in [1.807, 2.05) is 0 Å². The average Bonchev–Trinajstić information content (AvgIpc) is 3.27. The third-order valence-corrected chi connectivity index (χ3v) is 7.42. The maximum Gasteiger partial charge on any atom is 0.309 e. The first-order valence-corrected chi connectivity index (χ1v) is 11.3. The summed E-state index contributed by atoms with van der Waals surface area (Å²) in [5.41, 5.74) is 0.578. The standard InChI is InChI=1S/C20H18FN3O4S2/c21-14-6-8-16(9-7-14)30(27,28)18(17-5-3-11-29-17)13-24-20(26)19(25)23-12-15-4-1-2-10-22-15/h1-11,18H,12-13H2,(H,23,25)(H,24,26). The van der Waals surface area contributed by atoms with Crippen molar-refractivity contribution >= 4 is 33.0 Å². The number of nitrogens with one attached hydrogen (secondary N) is 2. The number of hydrogen-bond acceptors (Lipinski definition) is 6. The molecule has 1 atom stereocenters. The molecule has 0 spiro atoms. The van der Waals surface area contributed by atoms with Gasteiger partial charge >= 0.3 is 11.8 Å². The number of pyridine rings is 1. The lowest BCUT2D eigenvalue weighted by atomic mass is 10.3. The van der Waals surface area contributed by atoms with Crippen LogP contribution in [0.5, 0.6) is 0 Å². The van der Waals surface area contributed by atoms with Crippen molar-refractivity contribution in [2.45, 2.75) is 16.7 Å². The Morgan fingerprint density at radius 3 is 2.37 bits per heavy atom. The number of nitrogens with zero attached hydrogens (tertiary/aromatic N) is 1. The molecule has 2 aromatic heterocycles. The van der Waals surface area contributed by atoms with Crippen molar-refractivity contribution in [3.8, 4) is 0 Å². The van der Waals surface area contributed by atoms with Crippen molar-refractivity contribution in [1.82, 2.24) is 15.6 Å². The highest BCUT2D eigenvalue weighted by atomic mass is 32.2. The van der Waals surface area contributed by atoms with Crippen LogP contribution in [-0.4, -0.2) is 31.8 Å². The second-order valence-corrected chi connectivity index (χ2v) is 9.33. The van der Waals surface area contributed by atoms with E-state index in [2.05, 4.69) is 15.6 Å². The molecule has 0 radical (unpaired) electrons. The van der Waals surface area contributed by atoms with E-state index < -0.39 is 32.7 Å². The molecule has 0 saturated carbocycles. The van der Waals surface area contributed by atoms with E-state index in [1.54, 1.807) is 41.9 Å². The molecular weight excluding hydrogens is 429 g/mol. The van der Waals surface area contributed by atoms with Crippen molar-refractivity contribution in [2.24, 2.45) is 0 Å². The van der Waals surface area contributed by atoms with Crippen LogP contribution in [-0.2, 0) is 26.0 Å². The van der Waals surface area contributed by atoms with Gasteiger partial charge in [-0.05, 0) is 47.8 Å². The smallest absolute Gasteiger partial charge is 0.309 e. The Balaban J connectivity index is 1.69. The molecule has 0 aliphatic carbocycles. The van der Waals surface area contributed by atoms with Crippen molar-refractivity contribution in [1.29, 1.82) is 0 Å². The fourth-order valence-electron chi connectivity index (χ4n) is 2.65. The molecule has 0 bridgehead atoms. The van der Waals surface area contributed by atoms with Gasteiger partial charge in [0.2, 0.25) is 0 Å². The minimum absolute atomic E-state index is 0.0648. The number of rotatable bonds is 7. The van der Waals surface area contributed by atoms with Crippen molar-refractivity contribution < 1.29 is 22.4 Å². The van der Waals surface area contributed by atoms with Gasteiger partial charge in [0.15, 0.2) is 9.84 Å². The monoisotopic (exact) mass is 447 g/mol. The number of aromatic nitrogens is 1. The summed E-state index contributed by atoms with van der Waals surface area (Å²) < 4.78 is 39.3. The molecule has 1 aromatic carbocycles. The first-order valence-electron chi connectivity index (χ1n) is 8.86. The highest BCUT2D eigenvalue weighted by molar-refractivity contribution is 7.91. The summed E-state index contributed by atoms with van der Waals surface area (Å²) in [6, 6.07) is 13.0. The quantitative estimate of drug-likeness (QED) is 0.427. The molecule has 10 heteroatoms. The predicted molar refractivity (Wildman–Crippen MR) is 110 cm³/mol. The van der Waals surface area contributed by atoms with E-state index in [-0.39, 0.29) is 18.0 Å². The normalized spacial score (nSPS) is 12.2. The number of hydrogen-bond donors (Lipinski definition) is 2. The maximum atomic E-state index is 13.2. The van der Waals surface area contributed by atoms with Crippen molar-refractivity contribution in [3.63, 3.8) is 0 Å². The molecule has 2 N–H and O–H groups in total. The van der Waals surface area contributed by atoms with E-state index in [0.717, 1.165) is 12.1 Å². The minimum Gasteiger partial charge on any atom is -0.346 e. The maximum absolute atomic E-state index is 13.2. The molecule has 3 aromatic rings. The molecule has 2 heterocycles. The first kappa shape index (κ1) is 21.6. The van der Waals surface area contributed by atoms with Gasteiger partial charge in [0.05, 0.1) is 17.1 Å². The number of benzene rings is 1. The number of sulfone groups is 1. The molecule has 156 valence electrons. The molecule has 0 aliphatic heterocycles. The van der Waals surface area contributed by atoms with Crippen LogP contribution in [0.1, 0.15) is 15.8 Å². The van der Waals surface area contributed by atoms with Gasteiger partial charge in [0.25, 0.3) is 0 Å². The molecule has 30 heavy (non-hydrogen) atoms. The molecular formula is C20H18FN3O4S2. The predicted octanol–water partition coefficient (Wildman–Crippen LogP) is 2.23. The zero-order valence-corrected chi connectivity index (χ0v) is 17.3. The molecule has 0 fully saturated rings. The second kappa shape index (κ2) is 9.59. The molecule has 1 unspecified atom stereocenters. The Morgan fingerprint density at radius 1 is 1.00 bits per heavy atom. The van der Waals surface area contributed by atoms with Gasteiger partial charge in [-0.3, -0.25) is 14.6 Å². The Labute approximate surface area is 176 Å². The van der Waals surface area contributed by atoms with Crippen LogP contribution in [0, 0.1) is 5.82 Å². The molecule has 2 amide bonds. The zero-order valence-electron chi connectivity index (χ0n) is 15.6. The van der Waals surface area contributed by atoms with Crippen molar-refractivity contribution in [2.75, 3.05) is 6.54 Å². The molecule has 7 nitrogen and oxygen atoms in total. The van der Waals surface area contributed by atoms with Gasteiger partial charge < -0.3 is 10.6 Å². The fourth-order valence-corrected chi connectivity index (χ4v) is 5.43.